The Hall–Kier alpha value is -0.830. The van der Waals surface area contributed by atoms with Crippen LogP contribution in [0, 0.1) is 0 Å². The van der Waals surface area contributed by atoms with Crippen molar-refractivity contribution in [2.45, 2.75) is 13.0 Å². The van der Waals surface area contributed by atoms with Gasteiger partial charge in [0.25, 0.3) is 0 Å². The van der Waals surface area contributed by atoms with Crippen LogP contribution in [0.4, 0.5) is 0 Å². The molecule has 0 saturated heterocycles. The number of benzene rings is 1. The predicted molar refractivity (Wildman–Crippen MR) is 66.5 cm³/mol. The third kappa shape index (κ3) is 2.81. The van der Waals surface area contributed by atoms with E-state index in [1.807, 2.05) is 18.2 Å². The number of hydrogen-bond acceptors (Lipinski definition) is 2. The minimum absolute atomic E-state index is 0.625. The standard InChI is InChI=1S/C12H12ClNS/c13-11-3-1-2-9(5-11)4-10-6-12(7-14)15-8-10/h1-3,5-6,8H,4,7,14H2. The zero-order valence-corrected chi connectivity index (χ0v) is 9.81. The molecule has 15 heavy (non-hydrogen) atoms. The normalized spacial score (nSPS) is 10.5. The van der Waals surface area contributed by atoms with Crippen molar-refractivity contribution in [3.8, 4) is 0 Å². The van der Waals surface area contributed by atoms with Crippen molar-refractivity contribution in [2.75, 3.05) is 0 Å². The molecule has 0 aliphatic rings. The van der Waals surface area contributed by atoms with Crippen molar-refractivity contribution < 1.29 is 0 Å². The molecule has 0 saturated carbocycles. The number of halogens is 1. The first-order valence-electron chi connectivity index (χ1n) is 4.79. The lowest BCUT2D eigenvalue weighted by Crippen LogP contribution is -1.92. The van der Waals surface area contributed by atoms with Gasteiger partial charge in [0, 0.05) is 16.4 Å². The fourth-order valence-corrected chi connectivity index (χ4v) is 2.49. The highest BCUT2D eigenvalue weighted by molar-refractivity contribution is 7.10. The Balaban J connectivity index is 2.14. The van der Waals surface area contributed by atoms with Gasteiger partial charge in [-0.15, -0.1) is 11.3 Å². The molecule has 3 heteroatoms. The quantitative estimate of drug-likeness (QED) is 0.870. The smallest absolute Gasteiger partial charge is 0.0408 e. The Bertz CT molecular complexity index is 450. The second-order valence-electron chi connectivity index (χ2n) is 3.43. The van der Waals surface area contributed by atoms with Crippen molar-refractivity contribution in [3.63, 3.8) is 0 Å². The molecule has 0 atom stereocenters. The first-order chi connectivity index (χ1) is 7.28. The zero-order valence-electron chi connectivity index (χ0n) is 8.24. The van der Waals surface area contributed by atoms with Crippen molar-refractivity contribution in [1.29, 1.82) is 0 Å². The van der Waals surface area contributed by atoms with E-state index in [0.29, 0.717) is 6.54 Å². The van der Waals surface area contributed by atoms with Crippen LogP contribution in [0.5, 0.6) is 0 Å². The topological polar surface area (TPSA) is 26.0 Å². The van der Waals surface area contributed by atoms with Gasteiger partial charge in [0.2, 0.25) is 0 Å². The maximum atomic E-state index is 5.93. The summed E-state index contributed by atoms with van der Waals surface area (Å²) in [6.45, 7) is 0.625. The van der Waals surface area contributed by atoms with E-state index in [1.165, 1.54) is 16.0 Å². The molecule has 1 heterocycles. The number of nitrogens with two attached hydrogens (primary N) is 1. The van der Waals surface area contributed by atoms with Gasteiger partial charge >= 0.3 is 0 Å². The van der Waals surface area contributed by atoms with Crippen LogP contribution in [0.2, 0.25) is 5.02 Å². The van der Waals surface area contributed by atoms with Crippen LogP contribution >= 0.6 is 22.9 Å². The third-order valence-corrected chi connectivity index (χ3v) is 3.45. The molecule has 0 spiro atoms. The minimum atomic E-state index is 0.625. The van der Waals surface area contributed by atoms with Gasteiger partial charge in [-0.05, 0) is 41.1 Å². The van der Waals surface area contributed by atoms with Gasteiger partial charge in [-0.25, -0.2) is 0 Å². The molecule has 0 fully saturated rings. The molecule has 2 rings (SSSR count). The lowest BCUT2D eigenvalue weighted by atomic mass is 10.1. The maximum absolute atomic E-state index is 5.93. The summed E-state index contributed by atoms with van der Waals surface area (Å²) < 4.78 is 0. The first kappa shape index (κ1) is 10.7. The number of rotatable bonds is 3. The van der Waals surface area contributed by atoms with E-state index in [1.54, 1.807) is 11.3 Å². The molecule has 1 aromatic carbocycles. The van der Waals surface area contributed by atoms with Crippen LogP contribution in [-0.4, -0.2) is 0 Å². The van der Waals surface area contributed by atoms with Crippen molar-refractivity contribution >= 4 is 22.9 Å². The minimum Gasteiger partial charge on any atom is -0.326 e. The second kappa shape index (κ2) is 4.79. The molecular formula is C12H12ClNS. The van der Waals surface area contributed by atoms with Crippen molar-refractivity contribution in [2.24, 2.45) is 5.73 Å². The Kier molecular flexibility index (Phi) is 3.41. The van der Waals surface area contributed by atoms with E-state index in [2.05, 4.69) is 17.5 Å². The van der Waals surface area contributed by atoms with Gasteiger partial charge in [-0.2, -0.15) is 0 Å². The average Bonchev–Trinajstić information content (AvgIpc) is 2.65. The van der Waals surface area contributed by atoms with E-state index in [9.17, 15) is 0 Å². The summed E-state index contributed by atoms with van der Waals surface area (Å²) in [5.41, 5.74) is 8.12. The van der Waals surface area contributed by atoms with Crippen LogP contribution in [0.1, 0.15) is 16.0 Å². The summed E-state index contributed by atoms with van der Waals surface area (Å²) in [6.07, 6.45) is 0.928. The fraction of sp³-hybridized carbons (Fsp3) is 0.167. The largest absolute Gasteiger partial charge is 0.326 e. The van der Waals surface area contributed by atoms with Crippen LogP contribution in [0.25, 0.3) is 0 Å². The molecule has 0 bridgehead atoms. The van der Waals surface area contributed by atoms with E-state index < -0.39 is 0 Å². The van der Waals surface area contributed by atoms with Gasteiger partial charge in [0.05, 0.1) is 0 Å². The lowest BCUT2D eigenvalue weighted by Gasteiger charge is -1.99. The molecule has 0 aliphatic carbocycles. The van der Waals surface area contributed by atoms with Crippen molar-refractivity contribution in [3.05, 3.63) is 56.7 Å². The second-order valence-corrected chi connectivity index (χ2v) is 4.86. The third-order valence-electron chi connectivity index (χ3n) is 2.21. The number of thiophene rings is 1. The molecule has 0 radical (unpaired) electrons. The Morgan fingerprint density at radius 2 is 2.07 bits per heavy atom. The van der Waals surface area contributed by atoms with Crippen molar-refractivity contribution in [1.82, 2.24) is 0 Å². The summed E-state index contributed by atoms with van der Waals surface area (Å²) in [4.78, 5) is 1.23. The average molecular weight is 238 g/mol. The summed E-state index contributed by atoms with van der Waals surface area (Å²) in [7, 11) is 0. The summed E-state index contributed by atoms with van der Waals surface area (Å²) in [5.74, 6) is 0. The highest BCUT2D eigenvalue weighted by Gasteiger charge is 2.00. The molecule has 0 aliphatic heterocycles. The van der Waals surface area contributed by atoms with Crippen LogP contribution in [-0.2, 0) is 13.0 Å². The lowest BCUT2D eigenvalue weighted by molar-refractivity contribution is 1.10. The summed E-state index contributed by atoms with van der Waals surface area (Å²) in [5, 5.41) is 2.95. The molecule has 2 N–H and O–H groups in total. The predicted octanol–water partition coefficient (Wildman–Crippen LogP) is 3.45. The molecular weight excluding hydrogens is 226 g/mol. The summed E-state index contributed by atoms with van der Waals surface area (Å²) >= 11 is 7.64. The van der Waals surface area contributed by atoms with E-state index >= 15 is 0 Å². The molecule has 2 aromatic rings. The Morgan fingerprint density at radius 3 is 2.73 bits per heavy atom. The van der Waals surface area contributed by atoms with Crippen LogP contribution in [0.3, 0.4) is 0 Å². The maximum Gasteiger partial charge on any atom is 0.0408 e. The molecule has 0 unspecified atom stereocenters. The van der Waals surface area contributed by atoms with Gasteiger partial charge < -0.3 is 5.73 Å². The fourth-order valence-electron chi connectivity index (χ4n) is 1.51. The Labute approximate surface area is 98.5 Å². The van der Waals surface area contributed by atoms with E-state index in [0.717, 1.165) is 11.4 Å². The highest BCUT2D eigenvalue weighted by atomic mass is 35.5. The summed E-state index contributed by atoms with van der Waals surface area (Å²) in [6, 6.07) is 10.1. The zero-order chi connectivity index (χ0) is 10.7. The number of hydrogen-bond donors (Lipinski definition) is 1. The highest BCUT2D eigenvalue weighted by Crippen LogP contribution is 2.19. The molecule has 1 aromatic heterocycles. The first-order valence-corrected chi connectivity index (χ1v) is 6.04. The van der Waals surface area contributed by atoms with Gasteiger partial charge in [0.15, 0.2) is 0 Å². The van der Waals surface area contributed by atoms with Gasteiger partial charge in [-0.3, -0.25) is 0 Å². The van der Waals surface area contributed by atoms with Gasteiger partial charge in [0.1, 0.15) is 0 Å². The molecule has 78 valence electrons. The van der Waals surface area contributed by atoms with Crippen LogP contribution in [0.15, 0.2) is 35.7 Å². The van der Waals surface area contributed by atoms with E-state index in [4.69, 9.17) is 17.3 Å². The SMILES string of the molecule is NCc1cc(Cc2cccc(Cl)c2)cs1. The van der Waals surface area contributed by atoms with E-state index in [-0.39, 0.29) is 0 Å². The molecule has 0 amide bonds. The van der Waals surface area contributed by atoms with Crippen LogP contribution < -0.4 is 5.73 Å². The monoisotopic (exact) mass is 237 g/mol. The molecule has 1 nitrogen and oxygen atoms in total. The Morgan fingerprint density at radius 1 is 1.20 bits per heavy atom. The van der Waals surface area contributed by atoms with Gasteiger partial charge in [-0.1, -0.05) is 23.7 Å².